The summed E-state index contributed by atoms with van der Waals surface area (Å²) >= 11 is 3.20. The number of rotatable bonds is 4. The maximum Gasteiger partial charge on any atom is 0.258 e. The largest absolute Gasteiger partial charge is 0.392 e. The third-order valence-corrected chi connectivity index (χ3v) is 3.30. The molecule has 5 heteroatoms. The summed E-state index contributed by atoms with van der Waals surface area (Å²) in [5.41, 5.74) is 0.568. The maximum atomic E-state index is 11.7. The number of aromatic amines is 1. The van der Waals surface area contributed by atoms with E-state index in [1.807, 2.05) is 18.2 Å². The van der Waals surface area contributed by atoms with Crippen LogP contribution in [-0.2, 0) is 6.42 Å². The van der Waals surface area contributed by atoms with Crippen molar-refractivity contribution in [1.29, 1.82) is 0 Å². The van der Waals surface area contributed by atoms with Gasteiger partial charge in [0.1, 0.15) is 5.82 Å². The van der Waals surface area contributed by atoms with E-state index >= 15 is 0 Å². The molecule has 2 N–H and O–H groups in total. The second-order valence-corrected chi connectivity index (χ2v) is 4.52. The number of nitrogens with one attached hydrogen (secondary N) is 1. The molecule has 0 radical (unpaired) electrons. The van der Waals surface area contributed by atoms with Gasteiger partial charge in [0.2, 0.25) is 0 Å². The van der Waals surface area contributed by atoms with Crippen LogP contribution in [0.5, 0.6) is 0 Å². The number of alkyl halides is 1. The highest BCUT2D eigenvalue weighted by molar-refractivity contribution is 9.09. The summed E-state index contributed by atoms with van der Waals surface area (Å²) in [5.74, 6) is 0.619. The number of hydrogen-bond donors (Lipinski definition) is 2. The molecule has 0 saturated carbocycles. The number of fused-ring (bicyclic) bond motifs is 1. The molecule has 1 heterocycles. The third-order valence-electron chi connectivity index (χ3n) is 2.55. The van der Waals surface area contributed by atoms with Crippen LogP contribution in [0.3, 0.4) is 0 Å². The van der Waals surface area contributed by atoms with E-state index in [9.17, 15) is 9.90 Å². The number of benzene rings is 1. The lowest BCUT2D eigenvalue weighted by Crippen LogP contribution is -2.15. The molecule has 0 fully saturated rings. The zero-order chi connectivity index (χ0) is 12.3. The molecule has 17 heavy (non-hydrogen) atoms. The van der Waals surface area contributed by atoms with Gasteiger partial charge in [-0.05, 0) is 18.6 Å². The molecule has 90 valence electrons. The van der Waals surface area contributed by atoms with Gasteiger partial charge in [-0.1, -0.05) is 28.1 Å². The average Bonchev–Trinajstić information content (AvgIpc) is 2.36. The first-order valence-electron chi connectivity index (χ1n) is 5.42. The summed E-state index contributed by atoms with van der Waals surface area (Å²) in [4.78, 5) is 18.8. The zero-order valence-electron chi connectivity index (χ0n) is 9.19. The van der Waals surface area contributed by atoms with E-state index in [2.05, 4.69) is 25.9 Å². The number of halogens is 1. The van der Waals surface area contributed by atoms with E-state index in [4.69, 9.17) is 0 Å². The van der Waals surface area contributed by atoms with Crippen molar-refractivity contribution in [2.75, 3.05) is 5.33 Å². The molecule has 1 aromatic heterocycles. The fourth-order valence-corrected chi connectivity index (χ4v) is 1.96. The number of nitrogens with zero attached hydrogens (tertiary/aromatic N) is 1. The Labute approximate surface area is 107 Å². The Morgan fingerprint density at radius 2 is 2.18 bits per heavy atom. The molecule has 4 nitrogen and oxygen atoms in total. The molecule has 0 amide bonds. The zero-order valence-corrected chi connectivity index (χ0v) is 10.8. The number of H-pyrrole nitrogens is 1. The lowest BCUT2D eigenvalue weighted by atomic mass is 10.2. The van der Waals surface area contributed by atoms with Gasteiger partial charge in [-0.2, -0.15) is 0 Å². The molecule has 2 aromatic rings. The molecular formula is C12H13BrN2O2. The predicted molar refractivity (Wildman–Crippen MR) is 70.5 cm³/mol. The first-order chi connectivity index (χ1) is 8.20. The first-order valence-corrected chi connectivity index (χ1v) is 6.55. The highest BCUT2D eigenvalue weighted by atomic mass is 79.9. The van der Waals surface area contributed by atoms with Crippen LogP contribution >= 0.6 is 15.9 Å². The number of aliphatic hydroxyl groups is 1. The van der Waals surface area contributed by atoms with E-state index in [-0.39, 0.29) is 5.56 Å². The molecular weight excluding hydrogens is 284 g/mol. The summed E-state index contributed by atoms with van der Waals surface area (Å²) in [7, 11) is 0. The Hall–Kier alpha value is -1.20. The molecule has 0 bridgehead atoms. The van der Waals surface area contributed by atoms with E-state index in [1.54, 1.807) is 6.07 Å². The lowest BCUT2D eigenvalue weighted by Gasteiger charge is -2.06. The van der Waals surface area contributed by atoms with E-state index in [0.717, 1.165) is 0 Å². The second kappa shape index (κ2) is 5.42. The highest BCUT2D eigenvalue weighted by Gasteiger charge is 2.06. The van der Waals surface area contributed by atoms with Crippen molar-refractivity contribution in [2.24, 2.45) is 0 Å². The van der Waals surface area contributed by atoms with Crippen molar-refractivity contribution in [3.05, 3.63) is 40.4 Å². The number of para-hydroxylation sites is 1. The number of aromatic nitrogens is 2. The lowest BCUT2D eigenvalue weighted by molar-refractivity contribution is 0.190. The standard InChI is InChI=1S/C12H13BrN2O2/c13-7-8(16)5-6-11-14-10-4-2-1-3-9(10)12(17)15-11/h1-4,8,16H,5-7H2,(H,14,15,17). The van der Waals surface area contributed by atoms with Gasteiger partial charge in [0.25, 0.3) is 5.56 Å². The Bertz CT molecular complexity index is 568. The Balaban J connectivity index is 2.28. The maximum absolute atomic E-state index is 11.7. The van der Waals surface area contributed by atoms with Crippen LogP contribution in [0, 0.1) is 0 Å². The van der Waals surface area contributed by atoms with Crippen molar-refractivity contribution in [2.45, 2.75) is 18.9 Å². The van der Waals surface area contributed by atoms with Gasteiger partial charge in [-0.3, -0.25) is 4.79 Å². The van der Waals surface area contributed by atoms with Crippen molar-refractivity contribution < 1.29 is 5.11 Å². The minimum absolute atomic E-state index is 0.126. The molecule has 0 saturated heterocycles. The quantitative estimate of drug-likeness (QED) is 0.843. The minimum Gasteiger partial charge on any atom is -0.392 e. The molecule has 1 atom stereocenters. The van der Waals surface area contributed by atoms with Crippen LogP contribution < -0.4 is 5.56 Å². The smallest absolute Gasteiger partial charge is 0.258 e. The van der Waals surface area contributed by atoms with E-state index in [0.29, 0.717) is 34.9 Å². The normalized spacial score (nSPS) is 12.8. The summed E-state index contributed by atoms with van der Waals surface area (Å²) in [6.45, 7) is 0. The fourth-order valence-electron chi connectivity index (χ4n) is 1.63. The Morgan fingerprint density at radius 1 is 1.41 bits per heavy atom. The molecule has 0 spiro atoms. The van der Waals surface area contributed by atoms with Gasteiger partial charge in [0.15, 0.2) is 0 Å². The molecule has 0 aliphatic rings. The van der Waals surface area contributed by atoms with Gasteiger partial charge >= 0.3 is 0 Å². The monoisotopic (exact) mass is 296 g/mol. The van der Waals surface area contributed by atoms with Crippen LogP contribution in [0.15, 0.2) is 29.1 Å². The highest BCUT2D eigenvalue weighted by Crippen LogP contribution is 2.07. The van der Waals surface area contributed by atoms with Crippen molar-refractivity contribution in [1.82, 2.24) is 9.97 Å². The molecule has 2 rings (SSSR count). The predicted octanol–water partition coefficient (Wildman–Crippen LogP) is 1.61. The Morgan fingerprint density at radius 3 is 2.94 bits per heavy atom. The van der Waals surface area contributed by atoms with Gasteiger partial charge < -0.3 is 10.1 Å². The summed E-state index contributed by atoms with van der Waals surface area (Å²) in [6.07, 6.45) is 0.728. The van der Waals surface area contributed by atoms with Crippen LogP contribution in [0.4, 0.5) is 0 Å². The molecule has 0 aliphatic carbocycles. The van der Waals surface area contributed by atoms with E-state index in [1.165, 1.54) is 0 Å². The van der Waals surface area contributed by atoms with Gasteiger partial charge in [0.05, 0.1) is 17.0 Å². The van der Waals surface area contributed by atoms with Gasteiger partial charge in [-0.25, -0.2) is 4.98 Å². The van der Waals surface area contributed by atoms with Crippen LogP contribution in [0.25, 0.3) is 10.9 Å². The third kappa shape index (κ3) is 2.92. The molecule has 0 aliphatic heterocycles. The van der Waals surface area contributed by atoms with Gasteiger partial charge in [-0.15, -0.1) is 0 Å². The minimum atomic E-state index is -0.410. The fraction of sp³-hybridized carbons (Fsp3) is 0.333. The number of hydrogen-bond acceptors (Lipinski definition) is 3. The number of aliphatic hydroxyl groups excluding tert-OH is 1. The van der Waals surface area contributed by atoms with E-state index < -0.39 is 6.10 Å². The van der Waals surface area contributed by atoms with Crippen LogP contribution in [0.2, 0.25) is 0 Å². The first kappa shape index (κ1) is 12.3. The summed E-state index contributed by atoms with van der Waals surface area (Å²) < 4.78 is 0. The van der Waals surface area contributed by atoms with Crippen molar-refractivity contribution in [3.63, 3.8) is 0 Å². The summed E-state index contributed by atoms with van der Waals surface area (Å²) in [5, 5.41) is 10.6. The summed E-state index contributed by atoms with van der Waals surface area (Å²) in [6, 6.07) is 7.23. The van der Waals surface area contributed by atoms with Crippen LogP contribution in [0.1, 0.15) is 12.2 Å². The van der Waals surface area contributed by atoms with Crippen molar-refractivity contribution >= 4 is 26.8 Å². The van der Waals surface area contributed by atoms with Gasteiger partial charge in [0, 0.05) is 11.8 Å². The Kier molecular flexibility index (Phi) is 3.91. The molecule has 1 unspecified atom stereocenters. The molecule has 1 aromatic carbocycles. The topological polar surface area (TPSA) is 66.0 Å². The van der Waals surface area contributed by atoms with Crippen LogP contribution in [-0.4, -0.2) is 26.5 Å². The van der Waals surface area contributed by atoms with Crippen molar-refractivity contribution in [3.8, 4) is 0 Å². The average molecular weight is 297 g/mol. The number of aryl methyl sites for hydroxylation is 1. The second-order valence-electron chi connectivity index (χ2n) is 3.88. The SMILES string of the molecule is O=c1[nH]c(CCC(O)CBr)nc2ccccc12.